The van der Waals surface area contributed by atoms with Crippen LogP contribution >= 0.6 is 15.9 Å². The van der Waals surface area contributed by atoms with E-state index in [0.29, 0.717) is 12.1 Å². The van der Waals surface area contributed by atoms with Gasteiger partial charge in [0.25, 0.3) is 0 Å². The second-order valence-electron chi connectivity index (χ2n) is 4.37. The van der Waals surface area contributed by atoms with E-state index in [2.05, 4.69) is 66.3 Å². The predicted molar refractivity (Wildman–Crippen MR) is 74.7 cm³/mol. The second kappa shape index (κ2) is 7.08. The van der Waals surface area contributed by atoms with Crippen LogP contribution in [0.25, 0.3) is 0 Å². The van der Waals surface area contributed by atoms with Gasteiger partial charge in [0.2, 0.25) is 0 Å². The van der Waals surface area contributed by atoms with Crippen LogP contribution in [0.3, 0.4) is 0 Å². The first-order valence-electron chi connectivity index (χ1n) is 6.18. The average molecular weight is 284 g/mol. The molecule has 0 aliphatic heterocycles. The van der Waals surface area contributed by atoms with Crippen molar-refractivity contribution in [3.8, 4) is 0 Å². The third-order valence-electron chi connectivity index (χ3n) is 2.89. The van der Waals surface area contributed by atoms with Gasteiger partial charge in [0.05, 0.1) is 0 Å². The van der Waals surface area contributed by atoms with Crippen LogP contribution in [0.15, 0.2) is 28.7 Å². The Morgan fingerprint density at radius 1 is 1.19 bits per heavy atom. The highest BCUT2D eigenvalue weighted by atomic mass is 79.9. The highest BCUT2D eigenvalue weighted by Crippen LogP contribution is 2.20. The Hall–Kier alpha value is -0.340. The minimum atomic E-state index is 0.481. The van der Waals surface area contributed by atoms with Gasteiger partial charge in [-0.05, 0) is 37.5 Å². The fourth-order valence-electron chi connectivity index (χ4n) is 2.00. The Bertz CT molecular complexity index is 294. The molecule has 0 spiro atoms. The molecule has 0 aliphatic carbocycles. The predicted octanol–water partition coefficient (Wildman–Crippen LogP) is 4.68. The maximum atomic E-state index is 3.69. The summed E-state index contributed by atoms with van der Waals surface area (Å²) in [5.41, 5.74) is 1.38. The third-order valence-corrected chi connectivity index (χ3v) is 3.42. The van der Waals surface area contributed by atoms with E-state index in [-0.39, 0.29) is 0 Å². The minimum absolute atomic E-state index is 0.481. The van der Waals surface area contributed by atoms with E-state index in [9.17, 15) is 0 Å². The van der Waals surface area contributed by atoms with E-state index in [1.165, 1.54) is 18.4 Å². The van der Waals surface area contributed by atoms with Crippen molar-refractivity contribution in [2.75, 3.05) is 0 Å². The number of halogens is 1. The Morgan fingerprint density at radius 2 is 1.81 bits per heavy atom. The number of rotatable bonds is 6. The van der Waals surface area contributed by atoms with Gasteiger partial charge in [-0.25, -0.2) is 0 Å². The van der Waals surface area contributed by atoms with E-state index in [1.54, 1.807) is 0 Å². The Kier molecular flexibility index (Phi) is 6.07. The molecule has 1 aromatic carbocycles. The molecule has 2 heteroatoms. The lowest BCUT2D eigenvalue weighted by molar-refractivity contribution is 0.424. The normalized spacial score (nSPS) is 14.8. The van der Waals surface area contributed by atoms with Crippen molar-refractivity contribution in [1.29, 1.82) is 0 Å². The van der Waals surface area contributed by atoms with Crippen molar-refractivity contribution in [3.05, 3.63) is 34.3 Å². The number of benzene rings is 1. The molecule has 2 atom stereocenters. The molecule has 2 unspecified atom stereocenters. The zero-order valence-corrected chi connectivity index (χ0v) is 12.0. The average Bonchev–Trinajstić information content (AvgIpc) is 2.27. The summed E-state index contributed by atoms with van der Waals surface area (Å²) in [7, 11) is 0. The zero-order chi connectivity index (χ0) is 12.0. The molecule has 1 nitrogen and oxygen atoms in total. The Balaban J connectivity index is 2.63. The first-order valence-corrected chi connectivity index (χ1v) is 6.98. The van der Waals surface area contributed by atoms with E-state index >= 15 is 0 Å². The summed E-state index contributed by atoms with van der Waals surface area (Å²) in [5.74, 6) is 0. The lowest BCUT2D eigenvalue weighted by Crippen LogP contribution is -2.30. The highest BCUT2D eigenvalue weighted by Gasteiger charge is 2.11. The molecule has 0 saturated heterocycles. The van der Waals surface area contributed by atoms with E-state index in [1.807, 2.05) is 0 Å². The molecule has 1 aromatic rings. The summed E-state index contributed by atoms with van der Waals surface area (Å²) in [6, 6.07) is 9.70. The lowest BCUT2D eigenvalue weighted by atomic mass is 10.0. The van der Waals surface area contributed by atoms with Gasteiger partial charge in [0.1, 0.15) is 0 Å². The zero-order valence-electron chi connectivity index (χ0n) is 10.5. The maximum Gasteiger partial charge on any atom is 0.0319 e. The SMILES string of the molecule is CCCC(C)NC(CC)c1ccc(Br)cc1. The number of nitrogens with one attached hydrogen (secondary N) is 1. The van der Waals surface area contributed by atoms with Gasteiger partial charge in [0.15, 0.2) is 0 Å². The van der Waals surface area contributed by atoms with Crippen LogP contribution in [0.2, 0.25) is 0 Å². The van der Waals surface area contributed by atoms with Crippen LogP contribution in [-0.2, 0) is 0 Å². The smallest absolute Gasteiger partial charge is 0.0319 e. The van der Waals surface area contributed by atoms with Gasteiger partial charge in [-0.3, -0.25) is 0 Å². The molecule has 0 amide bonds. The monoisotopic (exact) mass is 283 g/mol. The molecule has 0 radical (unpaired) electrons. The molecular weight excluding hydrogens is 262 g/mol. The summed E-state index contributed by atoms with van der Waals surface area (Å²) in [4.78, 5) is 0. The molecule has 1 N–H and O–H groups in total. The fourth-order valence-corrected chi connectivity index (χ4v) is 2.27. The van der Waals surface area contributed by atoms with Crippen molar-refractivity contribution in [1.82, 2.24) is 5.32 Å². The molecule has 0 aliphatic rings. The second-order valence-corrected chi connectivity index (χ2v) is 5.28. The van der Waals surface area contributed by atoms with Crippen molar-refractivity contribution >= 4 is 15.9 Å². The third kappa shape index (κ3) is 4.26. The summed E-state index contributed by atoms with van der Waals surface area (Å²) in [6.45, 7) is 6.74. The van der Waals surface area contributed by atoms with Crippen LogP contribution in [0.5, 0.6) is 0 Å². The first-order chi connectivity index (χ1) is 7.67. The number of hydrogen-bond donors (Lipinski definition) is 1. The maximum absolute atomic E-state index is 3.69. The lowest BCUT2D eigenvalue weighted by Gasteiger charge is -2.22. The van der Waals surface area contributed by atoms with Crippen LogP contribution in [0, 0.1) is 0 Å². The van der Waals surface area contributed by atoms with E-state index < -0.39 is 0 Å². The quantitative estimate of drug-likeness (QED) is 0.800. The fraction of sp³-hybridized carbons (Fsp3) is 0.571. The van der Waals surface area contributed by atoms with Gasteiger partial charge in [-0.15, -0.1) is 0 Å². The van der Waals surface area contributed by atoms with Crippen LogP contribution < -0.4 is 5.32 Å². The molecule has 1 rings (SSSR count). The highest BCUT2D eigenvalue weighted by molar-refractivity contribution is 9.10. The molecule has 0 heterocycles. The van der Waals surface area contributed by atoms with E-state index in [4.69, 9.17) is 0 Å². The van der Waals surface area contributed by atoms with Crippen LogP contribution in [0.4, 0.5) is 0 Å². The first kappa shape index (κ1) is 13.7. The summed E-state index contributed by atoms with van der Waals surface area (Å²) >= 11 is 3.47. The largest absolute Gasteiger partial charge is 0.307 e. The Morgan fingerprint density at radius 3 is 2.31 bits per heavy atom. The summed E-state index contributed by atoms with van der Waals surface area (Å²) in [5, 5.41) is 3.69. The standard InChI is InChI=1S/C14H22BrN/c1-4-6-11(3)16-14(5-2)12-7-9-13(15)10-8-12/h7-11,14,16H,4-6H2,1-3H3. The van der Waals surface area contributed by atoms with Gasteiger partial charge < -0.3 is 5.32 Å². The topological polar surface area (TPSA) is 12.0 Å². The molecule has 0 fully saturated rings. The van der Waals surface area contributed by atoms with Gasteiger partial charge in [0, 0.05) is 16.6 Å². The van der Waals surface area contributed by atoms with Crippen molar-refractivity contribution < 1.29 is 0 Å². The van der Waals surface area contributed by atoms with Gasteiger partial charge >= 0.3 is 0 Å². The van der Waals surface area contributed by atoms with Crippen LogP contribution in [-0.4, -0.2) is 6.04 Å². The van der Waals surface area contributed by atoms with Gasteiger partial charge in [-0.2, -0.15) is 0 Å². The van der Waals surface area contributed by atoms with Gasteiger partial charge in [-0.1, -0.05) is 48.3 Å². The Labute approximate surface area is 108 Å². The minimum Gasteiger partial charge on any atom is -0.307 e. The number of hydrogen-bond acceptors (Lipinski definition) is 1. The van der Waals surface area contributed by atoms with E-state index in [0.717, 1.165) is 10.9 Å². The molecule has 0 saturated carbocycles. The molecule has 16 heavy (non-hydrogen) atoms. The molecule has 0 bridgehead atoms. The summed E-state index contributed by atoms with van der Waals surface area (Å²) in [6.07, 6.45) is 3.62. The molecule has 90 valence electrons. The molecule has 0 aromatic heterocycles. The van der Waals surface area contributed by atoms with Crippen molar-refractivity contribution in [2.45, 2.75) is 52.1 Å². The van der Waals surface area contributed by atoms with Crippen molar-refractivity contribution in [2.24, 2.45) is 0 Å². The molecular formula is C14H22BrN. The van der Waals surface area contributed by atoms with Crippen molar-refractivity contribution in [3.63, 3.8) is 0 Å². The summed E-state index contributed by atoms with van der Waals surface area (Å²) < 4.78 is 1.15. The van der Waals surface area contributed by atoms with Crippen LogP contribution in [0.1, 0.15) is 51.6 Å².